The fraction of sp³-hybridized carbons (Fsp3) is 0.525. The van der Waals surface area contributed by atoms with Crippen LogP contribution in [0.3, 0.4) is 0 Å². The van der Waals surface area contributed by atoms with Gasteiger partial charge in [-0.1, -0.05) is 82.7 Å². The molecule has 50 nitrogen and oxygen atoms in total. The first-order chi connectivity index (χ1) is 61.2. The smallest absolute Gasteiger partial charge is 0.349 e. The SMILES string of the molecule is CCCCCCCCCC(=O)NC(Cc1c[nH]c2ccccc12)C(=O)NC(CC(N)=O)C(=O)NC(CC(=O)O)C(=O)NC1C(=O)NCC(=O)NC(CCCNC(=O)C(OC(C)=O)C(OC(C)=O)C(=O)O)C(=O)NC(CC(=O)O)C(=O)NC(C)C(=O)NC(CC(=O)O)C(=O)NCC(=O)NC(CO)C(=O)NC(C(C)CC(=O)O)C(=O)NC(CC(=O)c2ccccc2N)C(=O)OC1C. The number of carboxylic acids is 5. The number of ether oxygens (including phenoxy) is 3. The average molecular weight is 1840 g/mol. The van der Waals surface area contributed by atoms with Gasteiger partial charge in [0.05, 0.1) is 51.8 Å². The number of primary amides is 1. The molecule has 2 heterocycles. The Labute approximate surface area is 740 Å². The topological polar surface area (TPSA) is 795 Å². The minimum atomic E-state index is -2.58. The lowest BCUT2D eigenvalue weighted by molar-refractivity contribution is -0.180. The highest BCUT2D eigenvalue weighted by Gasteiger charge is 2.43. The molecule has 0 radical (unpaired) electrons. The lowest BCUT2D eigenvalue weighted by Crippen LogP contribution is -2.62. The number of aliphatic hydroxyl groups is 1. The Balaban J connectivity index is 1.96. The Morgan fingerprint density at radius 3 is 1.65 bits per heavy atom. The number of anilines is 1. The van der Waals surface area contributed by atoms with Crippen LogP contribution in [0, 0.1) is 5.92 Å². The van der Waals surface area contributed by atoms with Crippen molar-refractivity contribution < 1.29 is 160 Å². The predicted molar refractivity (Wildman–Crippen MR) is 443 cm³/mol. The van der Waals surface area contributed by atoms with Gasteiger partial charge in [0.15, 0.2) is 5.78 Å². The number of carboxylic acid groups (broad SMARTS) is 5. The fourth-order valence-electron chi connectivity index (χ4n) is 12.9. The molecule has 130 heavy (non-hydrogen) atoms. The number of hydrogen-bond acceptors (Lipinski definition) is 29. The minimum Gasteiger partial charge on any atom is -0.481 e. The van der Waals surface area contributed by atoms with E-state index in [1.807, 2.05) is 38.8 Å². The van der Waals surface area contributed by atoms with Gasteiger partial charge in [0, 0.05) is 68.0 Å². The molecule has 50 heteroatoms. The van der Waals surface area contributed by atoms with Gasteiger partial charge in [-0.2, -0.15) is 0 Å². The number of aliphatic hydroxyl groups excluding tert-OH is 1. The molecule has 1 aromatic heterocycles. The van der Waals surface area contributed by atoms with Crippen LogP contribution in [0.1, 0.15) is 160 Å². The summed E-state index contributed by atoms with van der Waals surface area (Å²) >= 11 is 0. The summed E-state index contributed by atoms with van der Waals surface area (Å²) in [5.41, 5.74) is 12.2. The predicted octanol–water partition coefficient (Wildman–Crippen LogP) is -6.52. The summed E-state index contributed by atoms with van der Waals surface area (Å²) in [6, 6.07) is -12.1. The van der Waals surface area contributed by atoms with E-state index in [9.17, 15) is 146 Å². The second-order valence-electron chi connectivity index (χ2n) is 30.1. The van der Waals surface area contributed by atoms with Crippen LogP contribution < -0.4 is 85.9 Å². The first kappa shape index (κ1) is 108. The highest BCUT2D eigenvalue weighted by atomic mass is 16.6. The minimum absolute atomic E-state index is 0.0583. The van der Waals surface area contributed by atoms with Crippen molar-refractivity contribution in [3.05, 3.63) is 65.9 Å². The van der Waals surface area contributed by atoms with E-state index < -0.39 is 310 Å². The van der Waals surface area contributed by atoms with Gasteiger partial charge in [-0.05, 0) is 62.8 Å². The molecule has 1 aliphatic rings. The van der Waals surface area contributed by atoms with Gasteiger partial charge in [-0.25, -0.2) is 9.59 Å². The van der Waals surface area contributed by atoms with Crippen molar-refractivity contribution in [1.82, 2.24) is 79.4 Å². The number of aromatic amines is 1. The molecule has 0 aliphatic carbocycles. The number of cyclic esters (lactones) is 1. The number of unbranched alkanes of at least 4 members (excludes halogenated alkanes) is 6. The lowest BCUT2D eigenvalue weighted by Gasteiger charge is -2.30. The Hall–Kier alpha value is -14.8. The molecule has 1 aliphatic heterocycles. The Morgan fingerprint density at radius 2 is 1.06 bits per heavy atom. The number of carbonyl (C=O) groups excluding carboxylic acids is 19. The molecule has 0 bridgehead atoms. The third kappa shape index (κ3) is 37.0. The van der Waals surface area contributed by atoms with Gasteiger partial charge < -0.3 is 136 Å². The lowest BCUT2D eigenvalue weighted by atomic mass is 9.96. The van der Waals surface area contributed by atoms with Gasteiger partial charge in [0.1, 0.15) is 72.6 Å². The molecule has 4 rings (SSSR count). The van der Waals surface area contributed by atoms with Gasteiger partial charge >= 0.3 is 47.8 Å². The van der Waals surface area contributed by atoms with E-state index in [0.29, 0.717) is 29.3 Å². The third-order valence-corrected chi connectivity index (χ3v) is 19.5. The van der Waals surface area contributed by atoms with E-state index in [1.165, 1.54) is 18.2 Å². The zero-order valence-corrected chi connectivity index (χ0v) is 71.6. The Morgan fingerprint density at radius 1 is 0.531 bits per heavy atom. The van der Waals surface area contributed by atoms with Crippen molar-refractivity contribution in [1.29, 1.82) is 0 Å². The molecule has 0 spiro atoms. The van der Waals surface area contributed by atoms with E-state index in [1.54, 1.807) is 30.5 Å². The second-order valence-corrected chi connectivity index (χ2v) is 30.1. The normalized spacial score (nSPS) is 20.4. The van der Waals surface area contributed by atoms with Crippen LogP contribution in [0.15, 0.2) is 54.7 Å². The van der Waals surface area contributed by atoms with Crippen LogP contribution in [-0.2, 0) is 131 Å². The number of nitrogens with one attached hydrogen (secondary N) is 15. The molecule has 3 aromatic rings. The number of aliphatic carboxylic acids is 5. The summed E-state index contributed by atoms with van der Waals surface area (Å²) in [6.45, 7) is 1.56. The number of carbonyl (C=O) groups is 24. The van der Waals surface area contributed by atoms with Crippen LogP contribution in [0.2, 0.25) is 0 Å². The number of hydrogen-bond donors (Lipinski definition) is 23. The standard InChI is InChI=1S/C80H109N17O33/c1-7-8-9-10-11-12-13-24-57(103)89-48(27-42-33-84-46-22-17-15-19-43(42)46)72(118)92-49(29-56(82)102)73(119)94-52(32-63(112)113)74(120)97-65-39(4)128-80(127)53(28-55(101)44-20-14-16-21-45(44)81)95-77(123)64(37(2)26-60(106)107)96-75(121)54(36-98)90-59(105)34-85-69(115)50(30-61(108)109)91-68(114)38(3)87-71(117)51(31-62(110)111)93-70(116)47(88-58(104)35-86-76(65)122)23-18-25-83-78(124)66(129-40(5)99)67(79(125)126)130-41(6)100/h14-17,19-22,33,37-39,47-54,64-67,84,98H,7-13,18,23-32,34-36,81H2,1-6H3,(H2,82,102)(H,83,124)(H,85,115)(H,86,122)(H,87,117)(H,88,104)(H,89,103)(H,90,105)(H,91,114)(H,92,118)(H,93,116)(H,94,119)(H,95,123)(H,96,121)(H,97,120)(H,106,107)(H,108,109)(H,110,111)(H,112,113)(H,125,126). The summed E-state index contributed by atoms with van der Waals surface area (Å²) in [5, 5.41) is 90.4. The van der Waals surface area contributed by atoms with Gasteiger partial charge in [-0.3, -0.25) is 105 Å². The number of nitrogen functional groups attached to an aromatic ring is 1. The molecule has 1 fully saturated rings. The zero-order valence-electron chi connectivity index (χ0n) is 71.6. The monoisotopic (exact) mass is 1840 g/mol. The molecule has 15 amide bonds. The number of rotatable bonds is 41. The molecule has 712 valence electrons. The van der Waals surface area contributed by atoms with Crippen molar-refractivity contribution in [2.24, 2.45) is 11.7 Å². The number of fused-ring (bicyclic) bond motifs is 1. The number of benzene rings is 2. The molecule has 2 aromatic carbocycles. The van der Waals surface area contributed by atoms with Crippen LogP contribution in [0.5, 0.6) is 0 Å². The van der Waals surface area contributed by atoms with Crippen LogP contribution in [0.25, 0.3) is 10.9 Å². The molecule has 1 saturated heterocycles. The number of nitrogens with two attached hydrogens (primary N) is 2. The molecule has 15 unspecified atom stereocenters. The quantitative estimate of drug-likeness (QED) is 0.00826. The van der Waals surface area contributed by atoms with Crippen molar-refractivity contribution >= 4 is 159 Å². The number of para-hydroxylation sites is 2. The third-order valence-electron chi connectivity index (χ3n) is 19.5. The molecule has 15 atom stereocenters. The maximum absolute atomic E-state index is 15.0. The highest BCUT2D eigenvalue weighted by Crippen LogP contribution is 2.22. The van der Waals surface area contributed by atoms with Crippen LogP contribution in [-0.4, -0.2) is 289 Å². The van der Waals surface area contributed by atoms with Crippen molar-refractivity contribution in [3.8, 4) is 0 Å². The molecular weight excluding hydrogens is 1730 g/mol. The van der Waals surface area contributed by atoms with E-state index in [4.69, 9.17) is 20.9 Å². The van der Waals surface area contributed by atoms with E-state index >= 15 is 0 Å². The van der Waals surface area contributed by atoms with E-state index in [-0.39, 0.29) is 24.1 Å². The van der Waals surface area contributed by atoms with Gasteiger partial charge in [0.25, 0.3) is 5.91 Å². The van der Waals surface area contributed by atoms with Crippen molar-refractivity contribution in [3.63, 3.8) is 0 Å². The summed E-state index contributed by atoms with van der Waals surface area (Å²) in [6.07, 6.45) is -9.03. The summed E-state index contributed by atoms with van der Waals surface area (Å²) in [7, 11) is 0. The highest BCUT2D eigenvalue weighted by molar-refractivity contribution is 6.05. The largest absolute Gasteiger partial charge is 0.481 e. The number of Topliss-reactive ketones (excluding diaryl/α,β-unsaturated/α-hetero) is 1. The first-order valence-corrected chi connectivity index (χ1v) is 40.8. The van der Waals surface area contributed by atoms with Crippen molar-refractivity contribution in [2.75, 3.05) is 32.0 Å². The first-order valence-electron chi connectivity index (χ1n) is 40.8. The van der Waals surface area contributed by atoms with Crippen LogP contribution in [0.4, 0.5) is 5.69 Å². The van der Waals surface area contributed by atoms with E-state index in [0.717, 1.165) is 72.8 Å². The summed E-state index contributed by atoms with van der Waals surface area (Å²) in [5.74, 6) is -37.5. The van der Waals surface area contributed by atoms with Gasteiger partial charge in [-0.15, -0.1) is 0 Å². The zero-order chi connectivity index (χ0) is 97.3. The van der Waals surface area contributed by atoms with Crippen molar-refractivity contribution in [2.45, 2.75) is 235 Å². The number of aromatic nitrogens is 1. The van der Waals surface area contributed by atoms with Crippen LogP contribution >= 0.6 is 0 Å². The Bertz CT molecular complexity index is 4670. The maximum Gasteiger partial charge on any atom is 0.349 e. The maximum atomic E-state index is 15.0. The number of ketones is 1. The fourth-order valence-corrected chi connectivity index (χ4v) is 12.9. The number of H-pyrrole nitrogens is 1. The summed E-state index contributed by atoms with van der Waals surface area (Å²) in [4.78, 5) is 329. The molecular formula is C80H109N17O33. The van der Waals surface area contributed by atoms with E-state index in [2.05, 4.69) is 52.3 Å². The summed E-state index contributed by atoms with van der Waals surface area (Å²) < 4.78 is 15.2. The molecule has 25 N–H and O–H groups in total. The Kier molecular flexibility index (Phi) is 44.4. The number of amides is 15. The van der Waals surface area contributed by atoms with Gasteiger partial charge in [0.2, 0.25) is 94.9 Å². The second kappa shape index (κ2) is 53.6. The molecule has 0 saturated carbocycles. The number of esters is 3. The average Bonchev–Trinajstić information content (AvgIpc) is 1.66.